The SMILES string of the molecule is CCCCCCCCCC/C=C\CCCCCCCCCCCCCCCCCCCCCCCCCCCCCC(=O)NC(COC1OC(CO)C(O)C(O)C1O)C(O)CCCCCCCCCCCCCCCCCCCCCCCCCCCCCCCC. The molecule has 1 fully saturated rings. The van der Waals surface area contributed by atoms with E-state index >= 15 is 0 Å². The van der Waals surface area contributed by atoms with Gasteiger partial charge in [-0.1, -0.05) is 424 Å². The maximum atomic E-state index is 13.2. The number of hydrogen-bond acceptors (Lipinski definition) is 8. The first-order chi connectivity index (χ1) is 45.3. The Morgan fingerprint density at radius 1 is 0.359 bits per heavy atom. The molecular weight excluding hydrogens is 1140 g/mol. The zero-order valence-electron chi connectivity index (χ0n) is 61.9. The second-order valence-corrected chi connectivity index (χ2v) is 29.6. The number of unbranched alkanes of at least 4 members (excludes halogenated alkanes) is 64. The third-order valence-corrected chi connectivity index (χ3v) is 20.6. The molecule has 0 aliphatic carbocycles. The molecule has 0 radical (unpaired) electrons. The summed E-state index contributed by atoms with van der Waals surface area (Å²) in [7, 11) is 0. The molecule has 0 aromatic rings. The highest BCUT2D eigenvalue weighted by Gasteiger charge is 2.44. The number of aliphatic hydroxyl groups excluding tert-OH is 5. The number of amides is 1. The molecule has 1 amide bonds. The van der Waals surface area contributed by atoms with Crippen LogP contribution in [0.25, 0.3) is 0 Å². The second-order valence-electron chi connectivity index (χ2n) is 29.6. The molecule has 548 valence electrons. The van der Waals surface area contributed by atoms with Crippen LogP contribution in [0, 0.1) is 0 Å². The lowest BCUT2D eigenvalue weighted by Gasteiger charge is -2.40. The maximum Gasteiger partial charge on any atom is 0.220 e. The van der Waals surface area contributed by atoms with Crippen molar-refractivity contribution in [1.29, 1.82) is 0 Å². The Morgan fingerprint density at radius 3 is 0.880 bits per heavy atom. The highest BCUT2D eigenvalue weighted by molar-refractivity contribution is 5.76. The van der Waals surface area contributed by atoms with Gasteiger partial charge in [0.25, 0.3) is 0 Å². The van der Waals surface area contributed by atoms with Crippen LogP contribution in [0.1, 0.15) is 457 Å². The molecule has 0 bridgehead atoms. The van der Waals surface area contributed by atoms with Gasteiger partial charge in [0.2, 0.25) is 5.91 Å². The molecule has 0 saturated carbocycles. The van der Waals surface area contributed by atoms with E-state index in [4.69, 9.17) is 9.47 Å². The minimum absolute atomic E-state index is 0.131. The topological polar surface area (TPSA) is 149 Å². The lowest BCUT2D eigenvalue weighted by atomic mass is 9.99. The van der Waals surface area contributed by atoms with Crippen LogP contribution in [0.5, 0.6) is 0 Å². The van der Waals surface area contributed by atoms with Gasteiger partial charge in [0.15, 0.2) is 6.29 Å². The summed E-state index contributed by atoms with van der Waals surface area (Å²) in [5.41, 5.74) is 0. The van der Waals surface area contributed by atoms with E-state index in [9.17, 15) is 30.3 Å². The number of rotatable bonds is 76. The van der Waals surface area contributed by atoms with Crippen molar-refractivity contribution in [2.24, 2.45) is 0 Å². The van der Waals surface area contributed by atoms with Crippen LogP contribution in [0.4, 0.5) is 0 Å². The van der Waals surface area contributed by atoms with E-state index in [1.165, 1.54) is 392 Å². The normalized spacial score (nSPS) is 17.6. The Kier molecular flexibility index (Phi) is 70.3. The van der Waals surface area contributed by atoms with Crippen LogP contribution < -0.4 is 5.32 Å². The van der Waals surface area contributed by atoms with E-state index < -0.39 is 49.5 Å². The molecule has 1 aliphatic rings. The molecule has 1 saturated heterocycles. The summed E-state index contributed by atoms with van der Waals surface area (Å²) < 4.78 is 11.4. The summed E-state index contributed by atoms with van der Waals surface area (Å²) in [5.74, 6) is -0.132. The van der Waals surface area contributed by atoms with Crippen molar-refractivity contribution < 1.29 is 39.8 Å². The second kappa shape index (κ2) is 72.7. The molecule has 1 aliphatic heterocycles. The van der Waals surface area contributed by atoms with Crippen LogP contribution in [0.15, 0.2) is 12.2 Å². The van der Waals surface area contributed by atoms with E-state index in [1.807, 2.05) is 0 Å². The highest BCUT2D eigenvalue weighted by Crippen LogP contribution is 2.25. The Bertz CT molecular complexity index is 1460. The number of aliphatic hydroxyl groups is 5. The standard InChI is InChI=1S/C83H163NO8/c1-3-5-7-9-11-13-15-17-19-21-23-25-27-29-31-33-35-36-37-38-39-40-41-42-43-45-47-49-51-53-55-57-59-61-63-65-67-69-71-73-79(87)84-76(75-91-83-82(90)81(89)80(88)78(74-85)92-83)77(86)72-70-68-66-64-62-60-58-56-54-52-50-48-46-44-34-32-30-28-26-24-22-20-18-16-14-12-10-8-6-4-2/h21,23,76-78,80-83,85-86,88-90H,3-20,22,24-75H2,1-2H3,(H,84,87)/b23-21-. The first-order valence-electron chi connectivity index (χ1n) is 41.9. The summed E-state index contributed by atoms with van der Waals surface area (Å²) in [6, 6.07) is -0.717. The molecule has 0 aromatic carbocycles. The van der Waals surface area contributed by atoms with Crippen molar-refractivity contribution in [3.05, 3.63) is 12.2 Å². The number of hydrogen-bond donors (Lipinski definition) is 6. The fraction of sp³-hybridized carbons (Fsp3) is 0.964. The fourth-order valence-corrected chi connectivity index (χ4v) is 14.1. The molecule has 6 N–H and O–H groups in total. The van der Waals surface area contributed by atoms with Gasteiger partial charge in [-0.25, -0.2) is 0 Å². The van der Waals surface area contributed by atoms with E-state index in [-0.39, 0.29) is 12.5 Å². The number of carbonyl (C=O) groups is 1. The molecule has 0 aromatic heterocycles. The Labute approximate surface area is 573 Å². The van der Waals surface area contributed by atoms with Gasteiger partial charge in [-0.2, -0.15) is 0 Å². The zero-order valence-corrected chi connectivity index (χ0v) is 61.9. The van der Waals surface area contributed by atoms with Crippen LogP contribution >= 0.6 is 0 Å². The van der Waals surface area contributed by atoms with Crippen LogP contribution in [-0.4, -0.2) is 87.5 Å². The monoisotopic (exact) mass is 1300 g/mol. The molecule has 7 unspecified atom stereocenters. The van der Waals surface area contributed by atoms with Crippen molar-refractivity contribution in [1.82, 2.24) is 5.32 Å². The number of nitrogens with one attached hydrogen (secondary N) is 1. The Balaban J connectivity index is 2.01. The summed E-state index contributed by atoms with van der Waals surface area (Å²) in [6.45, 7) is 3.92. The maximum absolute atomic E-state index is 13.2. The van der Waals surface area contributed by atoms with Crippen molar-refractivity contribution >= 4 is 5.91 Å². The summed E-state index contributed by atoms with van der Waals surface area (Å²) in [4.78, 5) is 13.2. The molecule has 7 atom stereocenters. The van der Waals surface area contributed by atoms with E-state index in [2.05, 4.69) is 31.3 Å². The molecule has 1 rings (SSSR count). The van der Waals surface area contributed by atoms with E-state index in [0.29, 0.717) is 12.8 Å². The predicted molar refractivity (Wildman–Crippen MR) is 397 cm³/mol. The quantitative estimate of drug-likeness (QED) is 0.0261. The van der Waals surface area contributed by atoms with Gasteiger partial charge in [-0.05, 0) is 38.5 Å². The molecule has 92 heavy (non-hydrogen) atoms. The fourth-order valence-electron chi connectivity index (χ4n) is 14.1. The van der Waals surface area contributed by atoms with Crippen LogP contribution in [0.3, 0.4) is 0 Å². The Hall–Kier alpha value is -1.07. The lowest BCUT2D eigenvalue weighted by molar-refractivity contribution is -0.302. The minimum atomic E-state index is -1.55. The van der Waals surface area contributed by atoms with Crippen LogP contribution in [-0.2, 0) is 14.3 Å². The highest BCUT2D eigenvalue weighted by atomic mass is 16.7. The molecular formula is C83H163NO8. The average molecular weight is 1300 g/mol. The minimum Gasteiger partial charge on any atom is -0.394 e. The number of ether oxygens (including phenoxy) is 2. The molecule has 9 heteroatoms. The zero-order chi connectivity index (χ0) is 66.4. The van der Waals surface area contributed by atoms with Gasteiger partial charge in [0.05, 0.1) is 25.4 Å². The molecule has 0 spiro atoms. The van der Waals surface area contributed by atoms with Gasteiger partial charge >= 0.3 is 0 Å². The predicted octanol–water partition coefficient (Wildman–Crippen LogP) is 24.2. The Morgan fingerprint density at radius 2 is 0.609 bits per heavy atom. The number of carbonyl (C=O) groups excluding carboxylic acids is 1. The molecule has 9 nitrogen and oxygen atoms in total. The first kappa shape index (κ1) is 88.9. The van der Waals surface area contributed by atoms with Gasteiger partial charge in [0.1, 0.15) is 24.4 Å². The molecule has 1 heterocycles. The smallest absolute Gasteiger partial charge is 0.220 e. The van der Waals surface area contributed by atoms with Gasteiger partial charge < -0.3 is 40.3 Å². The van der Waals surface area contributed by atoms with Crippen LogP contribution in [0.2, 0.25) is 0 Å². The largest absolute Gasteiger partial charge is 0.394 e. The summed E-state index contributed by atoms with van der Waals surface area (Å²) in [6.07, 6.45) is 89.2. The lowest BCUT2D eigenvalue weighted by Crippen LogP contribution is -2.60. The number of allylic oxidation sites excluding steroid dienone is 2. The van der Waals surface area contributed by atoms with Crippen molar-refractivity contribution in [3.63, 3.8) is 0 Å². The summed E-state index contributed by atoms with van der Waals surface area (Å²) >= 11 is 0. The van der Waals surface area contributed by atoms with E-state index in [0.717, 1.165) is 38.5 Å². The van der Waals surface area contributed by atoms with Crippen molar-refractivity contribution in [2.75, 3.05) is 13.2 Å². The van der Waals surface area contributed by atoms with Gasteiger partial charge in [-0.3, -0.25) is 4.79 Å². The van der Waals surface area contributed by atoms with Gasteiger partial charge in [-0.15, -0.1) is 0 Å². The van der Waals surface area contributed by atoms with Crippen molar-refractivity contribution in [2.45, 2.75) is 500 Å². The third kappa shape index (κ3) is 60.1. The van der Waals surface area contributed by atoms with Crippen molar-refractivity contribution in [3.8, 4) is 0 Å². The summed E-state index contributed by atoms with van der Waals surface area (Å²) in [5, 5.41) is 55.1. The third-order valence-electron chi connectivity index (χ3n) is 20.6. The van der Waals surface area contributed by atoms with Gasteiger partial charge in [0, 0.05) is 6.42 Å². The average Bonchev–Trinajstić information content (AvgIpc) is 1.45. The van der Waals surface area contributed by atoms with E-state index in [1.54, 1.807) is 0 Å². The first-order valence-corrected chi connectivity index (χ1v) is 41.9.